The number of fused-ring (bicyclic) bond motifs is 1. The van der Waals surface area contributed by atoms with Gasteiger partial charge in [0.15, 0.2) is 0 Å². The fourth-order valence-corrected chi connectivity index (χ4v) is 4.80. The summed E-state index contributed by atoms with van der Waals surface area (Å²) < 4.78 is 6.63. The van der Waals surface area contributed by atoms with Gasteiger partial charge in [-0.25, -0.2) is 0 Å². The molecule has 6 heteroatoms. The van der Waals surface area contributed by atoms with Crippen molar-refractivity contribution >= 4 is 48.8 Å². The van der Waals surface area contributed by atoms with Gasteiger partial charge in [-0.1, -0.05) is 54.7 Å². The topological polar surface area (TPSA) is 46.5 Å². The molecule has 1 N–H and O–H groups in total. The number of aliphatic hydroxyl groups excluding tert-OH is 1. The number of hydrogen-bond donors (Lipinski definition) is 1. The minimum atomic E-state index is -0.637. The number of hydrogen-bond acceptors (Lipinski definition) is 5. The van der Waals surface area contributed by atoms with E-state index in [1.807, 2.05) is 24.3 Å². The zero-order valence-corrected chi connectivity index (χ0v) is 17.7. The van der Waals surface area contributed by atoms with E-state index in [4.69, 9.17) is 17.0 Å². The van der Waals surface area contributed by atoms with Gasteiger partial charge in [0, 0.05) is 29.3 Å². The monoisotopic (exact) mass is 418 g/mol. The molecule has 2 aliphatic rings. The molecule has 0 spiro atoms. The molecule has 1 aromatic rings. The third-order valence-corrected chi connectivity index (χ3v) is 6.64. The van der Waals surface area contributed by atoms with Crippen LogP contribution in [0.5, 0.6) is 0 Å². The van der Waals surface area contributed by atoms with Crippen molar-refractivity contribution < 1.29 is 14.6 Å². The van der Waals surface area contributed by atoms with Crippen molar-refractivity contribution in [2.24, 2.45) is 5.92 Å². The zero-order chi connectivity index (χ0) is 19.2. The van der Waals surface area contributed by atoms with Gasteiger partial charge in [0.05, 0.1) is 10.3 Å². The van der Waals surface area contributed by atoms with Crippen molar-refractivity contribution in [2.75, 3.05) is 12.8 Å². The van der Waals surface area contributed by atoms with E-state index in [9.17, 15) is 9.90 Å². The molecule has 0 fully saturated rings. The second-order valence-electron chi connectivity index (χ2n) is 6.57. The van der Waals surface area contributed by atoms with Crippen LogP contribution >= 0.6 is 33.2 Å². The molecule has 1 aliphatic heterocycles. The van der Waals surface area contributed by atoms with Gasteiger partial charge >= 0.3 is 0 Å². The molecule has 4 unspecified atom stereocenters. The molecule has 27 heavy (non-hydrogen) atoms. The molecule has 4 atom stereocenters. The van der Waals surface area contributed by atoms with Crippen LogP contribution in [-0.2, 0) is 9.53 Å². The van der Waals surface area contributed by atoms with Gasteiger partial charge in [0.1, 0.15) is 18.1 Å². The number of benzene rings is 1. The number of ketones is 1. The maximum Gasteiger partial charge on any atom is 0.136 e. The molecule has 0 bridgehead atoms. The summed E-state index contributed by atoms with van der Waals surface area (Å²) in [5.41, 5.74) is 2.27. The number of carbonyl (C=O) groups excluding carboxylic acids is 1. The van der Waals surface area contributed by atoms with Crippen LogP contribution in [0.2, 0.25) is 0 Å². The van der Waals surface area contributed by atoms with Crippen LogP contribution in [-0.4, -0.2) is 39.2 Å². The lowest BCUT2D eigenvalue weighted by Crippen LogP contribution is -2.23. The second kappa shape index (κ2) is 9.79. The maximum atomic E-state index is 11.3. The average Bonchev–Trinajstić information content (AvgIpc) is 2.70. The highest BCUT2D eigenvalue weighted by Crippen LogP contribution is 2.40. The molecule has 0 aromatic heterocycles. The normalized spacial score (nSPS) is 22.5. The van der Waals surface area contributed by atoms with E-state index < -0.39 is 6.10 Å². The van der Waals surface area contributed by atoms with Gasteiger partial charge in [0.25, 0.3) is 0 Å². The quantitative estimate of drug-likeness (QED) is 0.507. The molecule has 1 heterocycles. The van der Waals surface area contributed by atoms with E-state index in [-0.39, 0.29) is 23.6 Å². The molecule has 0 radical (unpaired) electrons. The summed E-state index contributed by atoms with van der Waals surface area (Å²) in [4.78, 5) is 11.3. The summed E-state index contributed by atoms with van der Waals surface area (Å²) in [6, 6.07) is 10.2. The lowest BCUT2D eigenvalue weighted by molar-refractivity contribution is -0.117. The highest BCUT2D eigenvalue weighted by atomic mass is 32.2. The van der Waals surface area contributed by atoms with Crippen LogP contribution < -0.4 is 0 Å². The third kappa shape index (κ3) is 5.61. The van der Waals surface area contributed by atoms with Crippen molar-refractivity contribution in [1.82, 2.24) is 0 Å². The lowest BCUT2D eigenvalue weighted by Gasteiger charge is -2.29. The molecule has 0 saturated carbocycles. The van der Waals surface area contributed by atoms with Gasteiger partial charge in [-0.05, 0) is 24.1 Å². The Morgan fingerprint density at radius 3 is 2.81 bits per heavy atom. The van der Waals surface area contributed by atoms with E-state index in [0.717, 1.165) is 21.1 Å². The van der Waals surface area contributed by atoms with E-state index >= 15 is 0 Å². The van der Waals surface area contributed by atoms with Crippen molar-refractivity contribution in [3.05, 3.63) is 66.0 Å². The van der Waals surface area contributed by atoms with Crippen LogP contribution in [0.25, 0.3) is 5.57 Å². The molecule has 1 aromatic carbocycles. The number of ether oxygens (including phenoxy) is 1. The van der Waals surface area contributed by atoms with Crippen LogP contribution in [0.15, 0.2) is 60.4 Å². The summed E-state index contributed by atoms with van der Waals surface area (Å²) in [6.07, 6.45) is 8.98. The minimum absolute atomic E-state index is 0.131. The fraction of sp³-hybridized carbons (Fsp3) is 0.333. The first-order chi connectivity index (χ1) is 13.1. The highest BCUT2D eigenvalue weighted by Gasteiger charge is 2.29. The van der Waals surface area contributed by atoms with Crippen molar-refractivity contribution in [1.29, 1.82) is 0 Å². The fourth-order valence-electron chi connectivity index (χ4n) is 2.99. The number of allylic oxidation sites excluding steroid dienone is 3. The Hall–Kier alpha value is -1.26. The first kappa shape index (κ1) is 20.5. The Bertz CT molecular complexity index is 786. The Kier molecular flexibility index (Phi) is 7.42. The molecular formula is C21H23O3PS2. The Balaban J connectivity index is 1.58. The summed E-state index contributed by atoms with van der Waals surface area (Å²) in [6.45, 7) is 0.192. The van der Waals surface area contributed by atoms with Crippen LogP contribution in [0.3, 0.4) is 0 Å². The number of thioether (sulfide) groups is 1. The van der Waals surface area contributed by atoms with Gasteiger partial charge in [-0.2, -0.15) is 0 Å². The maximum absolute atomic E-state index is 11.3. The molecule has 3 nitrogen and oxygen atoms in total. The SMILES string of the molecule is O=C(CP)CCC(O)COC1=CC2SC(=S)C(c3ccccc3)=CC2C=C1. The van der Waals surface area contributed by atoms with Gasteiger partial charge in [-0.15, -0.1) is 21.0 Å². The smallest absolute Gasteiger partial charge is 0.136 e. The zero-order valence-electron chi connectivity index (χ0n) is 14.9. The number of aliphatic hydroxyl groups is 1. The number of rotatable bonds is 8. The molecule has 3 rings (SSSR count). The van der Waals surface area contributed by atoms with Crippen LogP contribution in [0, 0.1) is 5.92 Å². The molecule has 142 valence electrons. The summed E-state index contributed by atoms with van der Waals surface area (Å²) >= 11 is 7.29. The number of Topliss-reactive ketones (excluding diaryl/α,β-unsaturated/α-hetero) is 1. The molecule has 0 amide bonds. The Morgan fingerprint density at radius 1 is 1.30 bits per heavy atom. The van der Waals surface area contributed by atoms with E-state index in [2.05, 4.69) is 39.6 Å². The average molecular weight is 419 g/mol. The number of carbonyl (C=O) groups is 1. The first-order valence-corrected chi connectivity index (χ1v) is 11.1. The summed E-state index contributed by atoms with van der Waals surface area (Å²) in [7, 11) is 2.41. The second-order valence-corrected chi connectivity index (χ2v) is 8.83. The van der Waals surface area contributed by atoms with E-state index in [1.165, 1.54) is 0 Å². The Morgan fingerprint density at radius 2 is 2.07 bits per heavy atom. The van der Waals surface area contributed by atoms with E-state index in [0.29, 0.717) is 19.0 Å². The predicted octanol–water partition coefficient (Wildman–Crippen LogP) is 4.18. The lowest BCUT2D eigenvalue weighted by atomic mass is 9.94. The van der Waals surface area contributed by atoms with Gasteiger partial charge in [0.2, 0.25) is 0 Å². The van der Waals surface area contributed by atoms with Crippen LogP contribution in [0.4, 0.5) is 0 Å². The largest absolute Gasteiger partial charge is 0.491 e. The molecular weight excluding hydrogens is 395 g/mol. The van der Waals surface area contributed by atoms with Crippen molar-refractivity contribution in [3.8, 4) is 0 Å². The van der Waals surface area contributed by atoms with Gasteiger partial charge < -0.3 is 9.84 Å². The predicted molar refractivity (Wildman–Crippen MR) is 120 cm³/mol. The number of thiocarbonyl (C=S) groups is 1. The third-order valence-electron chi connectivity index (χ3n) is 4.52. The summed E-state index contributed by atoms with van der Waals surface area (Å²) in [5.74, 6) is 1.15. The van der Waals surface area contributed by atoms with Crippen molar-refractivity contribution in [3.63, 3.8) is 0 Å². The van der Waals surface area contributed by atoms with Crippen molar-refractivity contribution in [2.45, 2.75) is 24.2 Å². The summed E-state index contributed by atoms with van der Waals surface area (Å²) in [5, 5.41) is 10.2. The molecule has 1 aliphatic carbocycles. The Labute approximate surface area is 172 Å². The highest BCUT2D eigenvalue weighted by molar-refractivity contribution is 8.25. The minimum Gasteiger partial charge on any atom is -0.491 e. The van der Waals surface area contributed by atoms with Crippen LogP contribution in [0.1, 0.15) is 18.4 Å². The first-order valence-electron chi connectivity index (χ1n) is 8.97. The van der Waals surface area contributed by atoms with E-state index in [1.54, 1.807) is 11.8 Å². The van der Waals surface area contributed by atoms with Gasteiger partial charge in [-0.3, -0.25) is 4.79 Å². The standard InChI is InChI=1S/C21H23O3PS2/c22-16(7-8-17(23)13-25)12-24-18-9-6-15-10-19(14-4-2-1-3-5-14)21(26)27-20(15)11-18/h1-6,9-11,15-16,20,22H,7-8,12-13,25H2. The molecule has 0 saturated heterocycles.